The number of fused-ring (bicyclic) bond motifs is 1. The molecule has 0 atom stereocenters. The maximum absolute atomic E-state index is 12.8. The van der Waals surface area contributed by atoms with E-state index in [4.69, 9.17) is 30.5 Å². The molecule has 0 unspecified atom stereocenters. The molecule has 1 aliphatic heterocycles. The van der Waals surface area contributed by atoms with Gasteiger partial charge in [0.15, 0.2) is 36.3 Å². The number of Topliss-reactive ketones (excluding diaryl/α,β-unsaturated/α-hetero) is 2. The maximum atomic E-state index is 12.8. The summed E-state index contributed by atoms with van der Waals surface area (Å²) in [4.78, 5) is 66.7. The number of nitrogen functional groups attached to an aromatic ring is 1. The van der Waals surface area contributed by atoms with Gasteiger partial charge in [0.1, 0.15) is 5.84 Å². The maximum Gasteiger partial charge on any atom is 0.490 e. The minimum Gasteiger partial charge on any atom is -0.475 e. The number of ketones is 2. The summed E-state index contributed by atoms with van der Waals surface area (Å²) in [5.74, 6) is -5.67. The molecule has 0 spiro atoms. The number of carboxylic acid groups (broad SMARTS) is 1. The number of alkyl halides is 3. The average Bonchev–Trinajstić information content (AvgIpc) is 2.85. The van der Waals surface area contributed by atoms with Crippen molar-refractivity contribution < 1.29 is 61.5 Å². The number of para-hydroxylation sites is 1. The predicted octanol–water partition coefficient (Wildman–Crippen LogP) is 2.22. The molecule has 4 N–H and O–H groups in total. The van der Waals surface area contributed by atoms with E-state index in [1.807, 2.05) is 0 Å². The van der Waals surface area contributed by atoms with Gasteiger partial charge in [-0.1, -0.05) is 30.3 Å². The molecule has 202 valence electrons. The second-order valence-electron chi connectivity index (χ2n) is 7.25. The highest BCUT2D eigenvalue weighted by Gasteiger charge is 2.38. The molecule has 12 nitrogen and oxygen atoms in total. The van der Waals surface area contributed by atoms with Crippen molar-refractivity contribution in [1.29, 1.82) is 5.41 Å². The van der Waals surface area contributed by atoms with Gasteiger partial charge in [-0.25, -0.2) is 24.2 Å². The summed E-state index contributed by atoms with van der Waals surface area (Å²) in [7, 11) is 0. The fraction of sp³-hybridized carbons (Fsp3) is 0.217. The second-order valence-corrected chi connectivity index (χ2v) is 7.25. The van der Waals surface area contributed by atoms with E-state index >= 15 is 0 Å². The van der Waals surface area contributed by atoms with Crippen molar-refractivity contribution in [3.63, 3.8) is 0 Å². The Kier molecular flexibility index (Phi) is 10.2. The Balaban J connectivity index is 0.000000638. The highest BCUT2D eigenvalue weighted by atomic mass is 19.4. The minimum absolute atomic E-state index is 0.0140. The number of nitrogens with two attached hydrogens (primary N) is 1. The Morgan fingerprint density at radius 1 is 0.868 bits per heavy atom. The highest BCUT2D eigenvalue weighted by molar-refractivity contribution is 6.05. The molecule has 0 radical (unpaired) electrons. The molecule has 0 aromatic heterocycles. The van der Waals surface area contributed by atoms with Gasteiger partial charge in [-0.3, -0.25) is 15.0 Å². The Morgan fingerprint density at radius 3 is 1.89 bits per heavy atom. The first-order chi connectivity index (χ1) is 17.8. The van der Waals surface area contributed by atoms with Crippen LogP contribution >= 0.6 is 0 Å². The van der Waals surface area contributed by atoms with Gasteiger partial charge in [0.25, 0.3) is 0 Å². The number of rotatable bonds is 6. The zero-order valence-electron chi connectivity index (χ0n) is 19.2. The van der Waals surface area contributed by atoms with E-state index in [0.717, 1.165) is 0 Å². The third-order valence-electron chi connectivity index (χ3n) is 4.50. The number of hydrogen-bond acceptors (Lipinski definition) is 10. The van der Waals surface area contributed by atoms with Gasteiger partial charge >= 0.3 is 24.1 Å². The van der Waals surface area contributed by atoms with E-state index < -0.39 is 43.1 Å². The molecule has 0 fully saturated rings. The number of nitrogens with one attached hydrogen (secondary N) is 1. The summed E-state index contributed by atoms with van der Waals surface area (Å²) < 4.78 is 41.9. The molecule has 0 saturated carbocycles. The highest BCUT2D eigenvalue weighted by Crippen LogP contribution is 2.33. The Bertz CT molecular complexity index is 1240. The number of carboxylic acids is 1. The number of carbonyl (C=O) groups excluding carboxylic acids is 4. The normalized spacial score (nSPS) is 13.6. The van der Waals surface area contributed by atoms with E-state index in [0.29, 0.717) is 11.1 Å². The lowest BCUT2D eigenvalue weighted by atomic mass is 10.00. The lowest BCUT2D eigenvalue weighted by molar-refractivity contribution is -0.289. The molecule has 0 aliphatic carbocycles. The van der Waals surface area contributed by atoms with Crippen LogP contribution in [0.4, 0.5) is 13.2 Å². The largest absolute Gasteiger partial charge is 0.490 e. The zero-order valence-corrected chi connectivity index (χ0v) is 19.2. The Labute approximate surface area is 211 Å². The van der Waals surface area contributed by atoms with E-state index in [2.05, 4.69) is 9.78 Å². The molecule has 0 saturated heterocycles. The molecule has 2 aromatic carbocycles. The molecule has 3 rings (SSSR count). The summed E-state index contributed by atoms with van der Waals surface area (Å²) in [6.45, 7) is -1.15. The van der Waals surface area contributed by atoms with Crippen LogP contribution in [0.3, 0.4) is 0 Å². The van der Waals surface area contributed by atoms with Gasteiger partial charge in [-0.15, -0.1) is 0 Å². The van der Waals surface area contributed by atoms with Gasteiger partial charge in [0, 0.05) is 24.0 Å². The lowest BCUT2D eigenvalue weighted by Gasteiger charge is -2.15. The van der Waals surface area contributed by atoms with Gasteiger partial charge in [-0.05, 0) is 12.1 Å². The van der Waals surface area contributed by atoms with Crippen LogP contribution in [0.1, 0.15) is 39.1 Å². The first-order valence-electron chi connectivity index (χ1n) is 10.4. The summed E-state index contributed by atoms with van der Waals surface area (Å²) in [5, 5.41) is 14.5. The SMILES string of the molecule is N=C(N)c1ccc(C(=O)CCC(=O)c2cccc3c2OC(=O)COOCC(=O)O3)cc1.O=C(O)C(F)(F)F. The Morgan fingerprint density at radius 2 is 1.37 bits per heavy atom. The quantitative estimate of drug-likeness (QED) is 0.121. The lowest BCUT2D eigenvalue weighted by Crippen LogP contribution is -2.24. The first-order valence-corrected chi connectivity index (χ1v) is 10.4. The topological polar surface area (TPSA) is 192 Å². The van der Waals surface area contributed by atoms with Crippen LogP contribution in [0.15, 0.2) is 42.5 Å². The van der Waals surface area contributed by atoms with Crippen molar-refractivity contribution in [3.8, 4) is 11.5 Å². The van der Waals surface area contributed by atoms with Crippen molar-refractivity contribution in [2.24, 2.45) is 5.73 Å². The summed E-state index contributed by atoms with van der Waals surface area (Å²) in [5.41, 5.74) is 6.22. The molecular formula is C23H19F3N2O10. The number of benzene rings is 2. The molecule has 1 aliphatic rings. The Hall–Kier alpha value is -4.63. The number of hydrogen-bond donors (Lipinski definition) is 3. The van der Waals surface area contributed by atoms with Crippen molar-refractivity contribution in [3.05, 3.63) is 59.2 Å². The smallest absolute Gasteiger partial charge is 0.475 e. The van der Waals surface area contributed by atoms with Crippen LogP contribution in [-0.4, -0.2) is 59.8 Å². The van der Waals surface area contributed by atoms with Crippen LogP contribution in [0.25, 0.3) is 0 Å². The second kappa shape index (κ2) is 13.1. The van der Waals surface area contributed by atoms with Crippen LogP contribution in [0, 0.1) is 5.41 Å². The van der Waals surface area contributed by atoms with E-state index in [1.54, 1.807) is 12.1 Å². The summed E-state index contributed by atoms with van der Waals surface area (Å²) >= 11 is 0. The van der Waals surface area contributed by atoms with E-state index in [9.17, 15) is 32.3 Å². The molecule has 38 heavy (non-hydrogen) atoms. The average molecular weight is 540 g/mol. The number of ether oxygens (including phenoxy) is 2. The molecule has 1 heterocycles. The summed E-state index contributed by atoms with van der Waals surface area (Å²) in [6, 6.07) is 10.4. The van der Waals surface area contributed by atoms with Crippen LogP contribution < -0.4 is 15.2 Å². The van der Waals surface area contributed by atoms with Crippen molar-refractivity contribution >= 4 is 35.3 Å². The molecule has 2 aromatic rings. The number of esters is 2. The van der Waals surface area contributed by atoms with Crippen LogP contribution in [-0.2, 0) is 24.2 Å². The van der Waals surface area contributed by atoms with Crippen LogP contribution in [0.2, 0.25) is 0 Å². The predicted molar refractivity (Wildman–Crippen MR) is 119 cm³/mol. The molecule has 0 bridgehead atoms. The minimum atomic E-state index is -5.08. The van der Waals surface area contributed by atoms with Crippen molar-refractivity contribution in [1.82, 2.24) is 0 Å². The first kappa shape index (κ1) is 29.6. The summed E-state index contributed by atoms with van der Waals surface area (Å²) in [6.07, 6.45) is -5.36. The van der Waals surface area contributed by atoms with Gasteiger partial charge in [-0.2, -0.15) is 13.2 Å². The van der Waals surface area contributed by atoms with Crippen LogP contribution in [0.5, 0.6) is 11.5 Å². The number of carbonyl (C=O) groups is 5. The molecular weight excluding hydrogens is 521 g/mol. The van der Waals surface area contributed by atoms with E-state index in [-0.39, 0.29) is 41.5 Å². The fourth-order valence-electron chi connectivity index (χ4n) is 2.74. The third-order valence-corrected chi connectivity index (χ3v) is 4.50. The zero-order chi connectivity index (χ0) is 28.5. The van der Waals surface area contributed by atoms with Crippen molar-refractivity contribution in [2.45, 2.75) is 19.0 Å². The third kappa shape index (κ3) is 8.79. The molecule has 0 amide bonds. The standard InChI is InChI=1S/C21H18N2O8.C2HF3O2/c22-21(23)13-6-4-12(5-7-13)15(24)8-9-16(25)14-2-1-3-17-20(14)31-19(27)11-29-28-10-18(26)30-17;3-2(4,5)1(6)7/h1-7H,8-11H2,(H3,22,23);(H,6,7). The van der Waals surface area contributed by atoms with Crippen molar-refractivity contribution in [2.75, 3.05) is 13.2 Å². The van der Waals surface area contributed by atoms with Gasteiger partial charge < -0.3 is 20.3 Å². The number of aliphatic carboxylic acids is 1. The van der Waals surface area contributed by atoms with Gasteiger partial charge in [0.2, 0.25) is 0 Å². The number of amidine groups is 1. The van der Waals surface area contributed by atoms with E-state index in [1.165, 1.54) is 30.3 Å². The monoisotopic (exact) mass is 540 g/mol. The number of halogens is 3. The fourth-order valence-corrected chi connectivity index (χ4v) is 2.74. The van der Waals surface area contributed by atoms with Gasteiger partial charge in [0.05, 0.1) is 5.56 Å². The molecule has 15 heteroatoms.